The number of fused-ring (bicyclic) bond motifs is 1. The Hall–Kier alpha value is -3.50. The fourth-order valence-electron chi connectivity index (χ4n) is 4.56. The number of nitriles is 1. The average Bonchev–Trinajstić information content (AvgIpc) is 3.38. The van der Waals surface area contributed by atoms with Crippen LogP contribution in [-0.2, 0) is 22.7 Å². The number of rotatable bonds is 9. The molecule has 13 heteroatoms. The molecule has 0 saturated heterocycles. The van der Waals surface area contributed by atoms with E-state index in [1.54, 1.807) is 37.7 Å². The van der Waals surface area contributed by atoms with Gasteiger partial charge in [-0.1, -0.05) is 31.8 Å². The average molecular weight is 574 g/mol. The van der Waals surface area contributed by atoms with E-state index in [0.717, 1.165) is 11.6 Å². The van der Waals surface area contributed by atoms with E-state index in [1.807, 2.05) is 6.07 Å². The maximum atomic E-state index is 13.6. The van der Waals surface area contributed by atoms with Crippen molar-refractivity contribution in [3.8, 4) is 17.3 Å². The number of halogens is 2. The van der Waals surface area contributed by atoms with Crippen LogP contribution in [0.25, 0.3) is 22.2 Å². The van der Waals surface area contributed by atoms with E-state index >= 15 is 0 Å². The number of alkyl carbamates (subject to hydrolysis) is 1. The summed E-state index contributed by atoms with van der Waals surface area (Å²) in [6, 6.07) is 6.09. The van der Waals surface area contributed by atoms with E-state index in [9.17, 15) is 18.8 Å². The Kier molecular flexibility index (Phi) is 7.97. The summed E-state index contributed by atoms with van der Waals surface area (Å²) in [6.45, 7) is 13.1. The Labute approximate surface area is 233 Å². The Balaban J connectivity index is 1.71. The number of nitrogens with zero attached hydrogens (tertiary/aromatic N) is 5. The smallest absolute Gasteiger partial charge is 0.407 e. The minimum Gasteiger partial charge on any atom is -0.444 e. The largest absolute Gasteiger partial charge is 0.444 e. The lowest BCUT2D eigenvalue weighted by molar-refractivity contribution is -0.106. The van der Waals surface area contributed by atoms with Crippen LogP contribution in [-0.4, -0.2) is 51.9 Å². The fourth-order valence-corrected chi connectivity index (χ4v) is 5.32. The lowest BCUT2D eigenvalue weighted by atomic mass is 9.88. The maximum Gasteiger partial charge on any atom is 0.407 e. The topological polar surface area (TPSA) is 133 Å². The molecule has 10 nitrogen and oxygen atoms in total. The predicted molar refractivity (Wildman–Crippen MR) is 150 cm³/mol. The van der Waals surface area contributed by atoms with Crippen molar-refractivity contribution in [1.29, 1.82) is 5.26 Å². The minimum atomic E-state index is -2.76. The summed E-state index contributed by atoms with van der Waals surface area (Å²) in [5.74, 6) is -2.70. The molecule has 1 amide bonds. The summed E-state index contributed by atoms with van der Waals surface area (Å²) in [5, 5.41) is 22.4. The molecule has 1 fully saturated rings. The quantitative estimate of drug-likeness (QED) is 0.249. The van der Waals surface area contributed by atoms with Crippen LogP contribution in [0, 0.1) is 11.3 Å². The highest BCUT2D eigenvalue weighted by molar-refractivity contribution is 6.76. The molecule has 2 heterocycles. The van der Waals surface area contributed by atoms with Crippen LogP contribution in [0.2, 0.25) is 25.7 Å². The Morgan fingerprint density at radius 1 is 1.30 bits per heavy atom. The molecular weight excluding hydrogens is 536 g/mol. The van der Waals surface area contributed by atoms with E-state index in [1.165, 1.54) is 4.68 Å². The second-order valence-electron chi connectivity index (χ2n) is 12.5. The van der Waals surface area contributed by atoms with Crippen LogP contribution in [0.3, 0.4) is 0 Å². The van der Waals surface area contributed by atoms with E-state index in [2.05, 4.69) is 41.2 Å². The summed E-state index contributed by atoms with van der Waals surface area (Å²) in [4.78, 5) is 12.4. The van der Waals surface area contributed by atoms with Gasteiger partial charge in [0.15, 0.2) is 0 Å². The Morgan fingerprint density at radius 3 is 2.60 bits per heavy atom. The Morgan fingerprint density at radius 2 is 2.00 bits per heavy atom. The second kappa shape index (κ2) is 10.8. The molecule has 4 rings (SSSR count). The summed E-state index contributed by atoms with van der Waals surface area (Å²) in [7, 11) is -1.29. The van der Waals surface area contributed by atoms with Crippen LogP contribution in [0.1, 0.15) is 50.8 Å². The molecule has 1 aromatic carbocycles. The molecule has 0 bridgehead atoms. The van der Waals surface area contributed by atoms with Crippen molar-refractivity contribution in [2.24, 2.45) is 0 Å². The highest BCUT2D eigenvalue weighted by Crippen LogP contribution is 2.47. The number of nitrogens with one attached hydrogen (secondary N) is 1. The number of aromatic nitrogens is 4. The Bertz CT molecular complexity index is 1440. The number of alkyl halides is 2. The van der Waals surface area contributed by atoms with Gasteiger partial charge in [-0.3, -0.25) is 0 Å². The molecule has 1 aliphatic carbocycles. The SMILES string of the molecule is CC(C)(C)OC(=O)NCc1ccc(-c2nn(C3CC(F)(F)C3)c(N)c2C#N)c2cnn(COCC[Si](C)(C)C)c12. The summed E-state index contributed by atoms with van der Waals surface area (Å²) < 4.78 is 41.5. The van der Waals surface area contributed by atoms with Crippen LogP contribution in [0.4, 0.5) is 19.4 Å². The summed E-state index contributed by atoms with van der Waals surface area (Å²) >= 11 is 0. The lowest BCUT2D eigenvalue weighted by Crippen LogP contribution is -2.37. The van der Waals surface area contributed by atoms with Crippen LogP contribution in [0.15, 0.2) is 18.3 Å². The predicted octanol–water partition coefficient (Wildman–Crippen LogP) is 5.66. The van der Waals surface area contributed by atoms with E-state index in [0.29, 0.717) is 28.8 Å². The third-order valence-electron chi connectivity index (χ3n) is 6.65. The number of nitrogens with two attached hydrogens (primary N) is 1. The molecular formula is C27H37F2N7O3Si. The van der Waals surface area contributed by atoms with Gasteiger partial charge in [0.1, 0.15) is 35.5 Å². The van der Waals surface area contributed by atoms with Crippen molar-refractivity contribution in [1.82, 2.24) is 24.9 Å². The van der Waals surface area contributed by atoms with Crippen molar-refractivity contribution in [3.05, 3.63) is 29.5 Å². The first-order valence-electron chi connectivity index (χ1n) is 13.3. The van der Waals surface area contributed by atoms with Crippen LogP contribution < -0.4 is 11.1 Å². The van der Waals surface area contributed by atoms with Gasteiger partial charge in [0.2, 0.25) is 0 Å². The van der Waals surface area contributed by atoms with Gasteiger partial charge in [0.25, 0.3) is 5.92 Å². The minimum absolute atomic E-state index is 0.0592. The zero-order chi connectivity index (χ0) is 29.5. The standard InChI is InChI=1S/C27H37F2N7O3Si/c1-26(2,3)39-25(37)32-14-17-7-8-19(21-15-33-35(23(17)21)16-38-9-10-40(4,5)6)22-20(13-30)24(31)36(34-22)18-11-27(28,29)12-18/h7-8,15,18H,9-12,14,16,31H2,1-6H3,(H,32,37). The van der Waals surface area contributed by atoms with E-state index in [-0.39, 0.29) is 37.5 Å². The second-order valence-corrected chi connectivity index (χ2v) is 18.1. The lowest BCUT2D eigenvalue weighted by Gasteiger charge is -2.35. The summed E-state index contributed by atoms with van der Waals surface area (Å²) in [6.07, 6.45) is 0.344. The molecule has 3 aromatic rings. The monoisotopic (exact) mass is 573 g/mol. The van der Waals surface area contributed by atoms with Gasteiger partial charge in [0.05, 0.1) is 17.8 Å². The zero-order valence-corrected chi connectivity index (χ0v) is 24.8. The first kappa shape index (κ1) is 29.5. The molecule has 40 heavy (non-hydrogen) atoms. The van der Waals surface area contributed by atoms with Crippen LogP contribution in [0.5, 0.6) is 0 Å². The number of carbonyl (C=O) groups excluding carboxylic acids is 1. The molecule has 0 atom stereocenters. The molecule has 1 aliphatic rings. The van der Waals surface area contributed by atoms with Gasteiger partial charge in [-0.15, -0.1) is 0 Å². The molecule has 2 aromatic heterocycles. The number of amides is 1. The number of benzene rings is 1. The number of nitrogen functional groups attached to an aromatic ring is 1. The molecule has 3 N–H and O–H groups in total. The summed E-state index contributed by atoms with van der Waals surface area (Å²) in [5.41, 5.74) is 8.00. The normalized spacial score (nSPS) is 15.6. The van der Waals surface area contributed by atoms with Gasteiger partial charge in [-0.05, 0) is 32.4 Å². The van der Waals surface area contributed by atoms with Gasteiger partial charge in [-0.25, -0.2) is 22.9 Å². The molecule has 216 valence electrons. The third kappa shape index (κ3) is 6.61. The third-order valence-corrected chi connectivity index (χ3v) is 8.35. The zero-order valence-electron chi connectivity index (χ0n) is 23.8. The van der Waals surface area contributed by atoms with Gasteiger partial charge < -0.3 is 20.5 Å². The number of anilines is 1. The van der Waals surface area contributed by atoms with Crippen molar-refractivity contribution < 1.29 is 23.0 Å². The highest BCUT2D eigenvalue weighted by Gasteiger charge is 2.47. The van der Waals surface area contributed by atoms with Gasteiger partial charge >= 0.3 is 6.09 Å². The van der Waals surface area contributed by atoms with E-state index in [4.69, 9.17) is 15.2 Å². The molecule has 0 radical (unpaired) electrons. The molecule has 0 aliphatic heterocycles. The molecule has 0 spiro atoms. The number of hydrogen-bond acceptors (Lipinski definition) is 7. The number of carbonyl (C=O) groups is 1. The van der Waals surface area contributed by atoms with Crippen molar-refractivity contribution in [2.75, 3.05) is 12.3 Å². The van der Waals surface area contributed by atoms with E-state index < -0.39 is 31.7 Å². The number of ether oxygens (including phenoxy) is 2. The first-order chi connectivity index (χ1) is 18.6. The fraction of sp³-hybridized carbons (Fsp3) is 0.556. The van der Waals surface area contributed by atoms with Crippen molar-refractivity contribution in [3.63, 3.8) is 0 Å². The van der Waals surface area contributed by atoms with Crippen molar-refractivity contribution >= 4 is 30.9 Å². The maximum absolute atomic E-state index is 13.6. The van der Waals surface area contributed by atoms with Crippen molar-refractivity contribution in [2.45, 2.75) is 90.1 Å². The number of hydrogen-bond donors (Lipinski definition) is 2. The molecule has 1 saturated carbocycles. The highest BCUT2D eigenvalue weighted by atomic mass is 28.3. The first-order valence-corrected chi connectivity index (χ1v) is 17.0. The molecule has 0 unspecified atom stereocenters. The van der Waals surface area contributed by atoms with Gasteiger partial charge in [-0.2, -0.15) is 15.5 Å². The van der Waals surface area contributed by atoms with Gasteiger partial charge in [0, 0.05) is 45.0 Å². The van der Waals surface area contributed by atoms with Crippen LogP contribution >= 0.6 is 0 Å².